The normalized spacial score (nSPS) is 16.1. The van der Waals surface area contributed by atoms with E-state index in [9.17, 15) is 4.79 Å². The molecule has 1 aromatic heterocycles. The second-order valence-corrected chi connectivity index (χ2v) is 4.93. The minimum atomic E-state index is -0.0323. The van der Waals surface area contributed by atoms with Crippen molar-refractivity contribution < 1.29 is 9.90 Å². The van der Waals surface area contributed by atoms with Gasteiger partial charge in [-0.1, -0.05) is 12.8 Å². The van der Waals surface area contributed by atoms with Crippen LogP contribution in [-0.2, 0) is 7.05 Å². The number of carbonyl (C=O) groups excluding carboxylic acids is 1. The number of hydrogen-bond acceptors (Lipinski definition) is 3. The Balaban J connectivity index is 2.19. The Hall–Kier alpha value is -1.49. The van der Waals surface area contributed by atoms with Crippen molar-refractivity contribution in [2.45, 2.75) is 31.7 Å². The lowest BCUT2D eigenvalue weighted by molar-refractivity contribution is 0.0628. The summed E-state index contributed by atoms with van der Waals surface area (Å²) in [6.45, 7) is 0.400. The van der Waals surface area contributed by atoms with Crippen LogP contribution in [0.3, 0.4) is 0 Å². The van der Waals surface area contributed by atoms with E-state index in [4.69, 9.17) is 10.8 Å². The van der Waals surface area contributed by atoms with Gasteiger partial charge >= 0.3 is 0 Å². The lowest BCUT2D eigenvalue weighted by Gasteiger charge is -2.28. The minimum absolute atomic E-state index is 0.00213. The summed E-state index contributed by atoms with van der Waals surface area (Å²) in [5.74, 6) is -0.0323. The van der Waals surface area contributed by atoms with Gasteiger partial charge in [-0.15, -0.1) is 0 Å². The molecule has 0 radical (unpaired) electrons. The maximum atomic E-state index is 12.5. The molecule has 2 rings (SSSR count). The smallest absolute Gasteiger partial charge is 0.270 e. The number of hydrogen-bond donors (Lipinski definition) is 2. The molecule has 1 aliphatic carbocycles. The van der Waals surface area contributed by atoms with Gasteiger partial charge in [0.1, 0.15) is 5.69 Å². The lowest BCUT2D eigenvalue weighted by Crippen LogP contribution is -2.41. The van der Waals surface area contributed by atoms with Gasteiger partial charge in [0.2, 0.25) is 0 Å². The Morgan fingerprint density at radius 2 is 2.22 bits per heavy atom. The molecular formula is C13H21N3O2. The standard InChI is InChI=1S/C13H21N3O2/c1-15-9-10(14)8-12(15)13(18)16(6-7-17)11-4-2-3-5-11/h8-9,11,17H,2-7,14H2,1H3. The third-order valence-electron chi connectivity index (χ3n) is 3.61. The highest BCUT2D eigenvalue weighted by Crippen LogP contribution is 2.25. The molecule has 1 amide bonds. The van der Waals surface area contributed by atoms with Crippen LogP contribution in [0.15, 0.2) is 12.3 Å². The zero-order chi connectivity index (χ0) is 13.1. The number of nitrogen functional groups attached to an aromatic ring is 1. The largest absolute Gasteiger partial charge is 0.397 e. The highest BCUT2D eigenvalue weighted by Gasteiger charge is 2.28. The average molecular weight is 251 g/mol. The van der Waals surface area contributed by atoms with E-state index in [1.54, 1.807) is 21.7 Å². The number of amides is 1. The Bertz CT molecular complexity index is 422. The fraction of sp³-hybridized carbons (Fsp3) is 0.615. The predicted octanol–water partition coefficient (Wildman–Crippen LogP) is 0.984. The molecule has 1 fully saturated rings. The van der Waals surface area contributed by atoms with Crippen LogP contribution in [0.25, 0.3) is 0 Å². The van der Waals surface area contributed by atoms with E-state index in [0.717, 1.165) is 25.7 Å². The van der Waals surface area contributed by atoms with E-state index in [2.05, 4.69) is 0 Å². The molecule has 3 N–H and O–H groups in total. The van der Waals surface area contributed by atoms with Gasteiger partial charge in [-0.25, -0.2) is 0 Å². The first-order valence-corrected chi connectivity index (χ1v) is 6.47. The van der Waals surface area contributed by atoms with Crippen LogP contribution < -0.4 is 5.73 Å². The molecule has 0 aromatic carbocycles. The van der Waals surface area contributed by atoms with Crippen LogP contribution in [0.4, 0.5) is 5.69 Å². The monoisotopic (exact) mass is 251 g/mol. The van der Waals surface area contributed by atoms with E-state index in [-0.39, 0.29) is 18.6 Å². The van der Waals surface area contributed by atoms with E-state index >= 15 is 0 Å². The van der Waals surface area contributed by atoms with Gasteiger partial charge in [-0.3, -0.25) is 4.79 Å². The maximum Gasteiger partial charge on any atom is 0.270 e. The van der Waals surface area contributed by atoms with Crippen LogP contribution in [0.1, 0.15) is 36.2 Å². The zero-order valence-corrected chi connectivity index (χ0v) is 10.8. The second-order valence-electron chi connectivity index (χ2n) is 4.93. The molecule has 0 aliphatic heterocycles. The molecule has 100 valence electrons. The van der Waals surface area contributed by atoms with E-state index < -0.39 is 0 Å². The summed E-state index contributed by atoms with van der Waals surface area (Å²) in [4.78, 5) is 14.3. The average Bonchev–Trinajstić information content (AvgIpc) is 2.95. The number of rotatable bonds is 4. The first-order valence-electron chi connectivity index (χ1n) is 6.47. The second kappa shape index (κ2) is 5.44. The molecule has 0 saturated heterocycles. The van der Waals surface area contributed by atoms with Gasteiger partial charge in [0.25, 0.3) is 5.91 Å². The SMILES string of the molecule is Cn1cc(N)cc1C(=O)N(CCO)C1CCCC1. The Labute approximate surface area is 107 Å². The third-order valence-corrected chi connectivity index (χ3v) is 3.61. The van der Waals surface area contributed by atoms with Crippen LogP contribution in [0.2, 0.25) is 0 Å². The zero-order valence-electron chi connectivity index (χ0n) is 10.8. The topological polar surface area (TPSA) is 71.5 Å². The van der Waals surface area contributed by atoms with Crippen molar-refractivity contribution in [3.05, 3.63) is 18.0 Å². The summed E-state index contributed by atoms with van der Waals surface area (Å²) in [7, 11) is 1.81. The molecule has 0 atom stereocenters. The fourth-order valence-electron chi connectivity index (χ4n) is 2.72. The molecule has 0 bridgehead atoms. The number of anilines is 1. The number of aliphatic hydroxyl groups is 1. The Kier molecular flexibility index (Phi) is 3.91. The van der Waals surface area contributed by atoms with Gasteiger partial charge < -0.3 is 20.3 Å². The van der Waals surface area contributed by atoms with E-state index in [0.29, 0.717) is 17.9 Å². The van der Waals surface area contributed by atoms with E-state index in [1.165, 1.54) is 0 Å². The first kappa shape index (κ1) is 13.0. The predicted molar refractivity (Wildman–Crippen MR) is 70.2 cm³/mol. The van der Waals surface area contributed by atoms with Gasteiger partial charge in [-0.05, 0) is 18.9 Å². The molecule has 1 aromatic rings. The molecule has 0 unspecified atom stereocenters. The van der Waals surface area contributed by atoms with Gasteiger partial charge in [0, 0.05) is 25.8 Å². The fourth-order valence-corrected chi connectivity index (χ4v) is 2.72. The number of aromatic nitrogens is 1. The molecule has 1 saturated carbocycles. The molecule has 5 heteroatoms. The first-order chi connectivity index (χ1) is 8.63. The highest BCUT2D eigenvalue weighted by molar-refractivity contribution is 5.94. The van der Waals surface area contributed by atoms with Crippen molar-refractivity contribution in [2.75, 3.05) is 18.9 Å². The summed E-state index contributed by atoms with van der Waals surface area (Å²) < 4.78 is 1.75. The van der Waals surface area contributed by atoms with Crippen molar-refractivity contribution in [3.8, 4) is 0 Å². The van der Waals surface area contributed by atoms with Gasteiger partial charge in [-0.2, -0.15) is 0 Å². The minimum Gasteiger partial charge on any atom is -0.397 e. The van der Waals surface area contributed by atoms with E-state index in [1.807, 2.05) is 7.05 Å². The highest BCUT2D eigenvalue weighted by atomic mass is 16.3. The van der Waals surface area contributed by atoms with Gasteiger partial charge in [0.15, 0.2) is 0 Å². The van der Waals surface area contributed by atoms with Crippen LogP contribution in [0.5, 0.6) is 0 Å². The summed E-state index contributed by atoms with van der Waals surface area (Å²) in [5.41, 5.74) is 6.89. The Morgan fingerprint density at radius 1 is 1.56 bits per heavy atom. The van der Waals surface area contributed by atoms with Crippen molar-refractivity contribution >= 4 is 11.6 Å². The Morgan fingerprint density at radius 3 is 2.72 bits per heavy atom. The maximum absolute atomic E-state index is 12.5. The third kappa shape index (κ3) is 2.51. The molecule has 1 aliphatic rings. The van der Waals surface area contributed by atoms with Crippen LogP contribution in [-0.4, -0.2) is 39.7 Å². The molecular weight excluding hydrogens is 230 g/mol. The molecule has 1 heterocycles. The number of nitrogens with two attached hydrogens (primary N) is 1. The van der Waals surface area contributed by atoms with Gasteiger partial charge in [0.05, 0.1) is 12.3 Å². The quantitative estimate of drug-likeness (QED) is 0.838. The molecule has 5 nitrogen and oxygen atoms in total. The summed E-state index contributed by atoms with van der Waals surface area (Å²) in [6, 6.07) is 1.96. The summed E-state index contributed by atoms with van der Waals surface area (Å²) in [6.07, 6.45) is 6.13. The van der Waals surface area contributed by atoms with Crippen molar-refractivity contribution in [1.29, 1.82) is 0 Å². The van der Waals surface area contributed by atoms with Crippen molar-refractivity contribution in [2.24, 2.45) is 7.05 Å². The number of aryl methyl sites for hydroxylation is 1. The van der Waals surface area contributed by atoms with Crippen molar-refractivity contribution in [3.63, 3.8) is 0 Å². The van der Waals surface area contributed by atoms with Crippen molar-refractivity contribution in [1.82, 2.24) is 9.47 Å². The lowest BCUT2D eigenvalue weighted by atomic mass is 10.2. The molecule has 18 heavy (non-hydrogen) atoms. The number of carbonyl (C=O) groups is 1. The summed E-state index contributed by atoms with van der Waals surface area (Å²) >= 11 is 0. The number of nitrogens with zero attached hydrogens (tertiary/aromatic N) is 2. The summed E-state index contributed by atoms with van der Waals surface area (Å²) in [5, 5.41) is 9.14. The molecule has 0 spiro atoms. The van der Waals surface area contributed by atoms with Crippen LogP contribution >= 0.6 is 0 Å². The number of aliphatic hydroxyl groups excluding tert-OH is 1. The van der Waals surface area contributed by atoms with Crippen LogP contribution in [0, 0.1) is 0 Å².